The molecule has 5 rings (SSSR count). The Morgan fingerprint density at radius 3 is 2.00 bits per heavy atom. The molecule has 1 aliphatic carbocycles. The molecule has 48 heavy (non-hydrogen) atoms. The molecule has 2 aromatic carbocycles. The van der Waals surface area contributed by atoms with Crippen LogP contribution in [0, 0.1) is 11.3 Å². The van der Waals surface area contributed by atoms with Gasteiger partial charge in [0.15, 0.2) is 0 Å². The number of alkyl halides is 6. The summed E-state index contributed by atoms with van der Waals surface area (Å²) in [6, 6.07) is 6.64. The molecule has 13 heteroatoms. The van der Waals surface area contributed by atoms with Crippen molar-refractivity contribution in [1.82, 2.24) is 9.80 Å². The van der Waals surface area contributed by atoms with Crippen molar-refractivity contribution in [3.8, 4) is 0 Å². The molecule has 2 amide bonds. The van der Waals surface area contributed by atoms with Gasteiger partial charge in [-0.2, -0.15) is 26.3 Å². The van der Waals surface area contributed by atoms with Crippen LogP contribution in [0.3, 0.4) is 0 Å². The predicted octanol–water partition coefficient (Wildman–Crippen LogP) is 8.67. The standard InChI is InChI=1S/C35H41Cl2F6N3O2/c36-28-6-5-25(21-29(28)37)32(12-16-45-14-7-24(8-15-45)33(31(44)48)10-2-1-3-11-33)9-4-13-46(22-32)30(47)19-23-17-26(34(38,39)40)20-27(18-23)35(41,42)43/h5-6,17-18,20-21,24H,1-4,7-16,19,22H2,(H2,44,48). The Labute approximate surface area is 287 Å². The van der Waals surface area contributed by atoms with Crippen LogP contribution in [0.25, 0.3) is 0 Å². The monoisotopic (exact) mass is 719 g/mol. The van der Waals surface area contributed by atoms with Crippen molar-refractivity contribution in [2.75, 3.05) is 32.7 Å². The number of hydrogen-bond donors (Lipinski definition) is 1. The van der Waals surface area contributed by atoms with Crippen LogP contribution < -0.4 is 5.73 Å². The largest absolute Gasteiger partial charge is 0.416 e. The maximum absolute atomic E-state index is 13.6. The second kappa shape index (κ2) is 14.4. The first kappa shape index (κ1) is 36.8. The molecule has 3 aliphatic rings. The first-order valence-corrected chi connectivity index (χ1v) is 17.3. The fourth-order valence-corrected chi connectivity index (χ4v) is 8.58. The lowest BCUT2D eigenvalue weighted by Crippen LogP contribution is -2.51. The van der Waals surface area contributed by atoms with Crippen molar-refractivity contribution in [1.29, 1.82) is 0 Å². The van der Waals surface area contributed by atoms with E-state index in [2.05, 4.69) is 4.90 Å². The highest BCUT2D eigenvalue weighted by Crippen LogP contribution is 2.47. The number of rotatable bonds is 8. The van der Waals surface area contributed by atoms with Crippen LogP contribution in [-0.4, -0.2) is 54.3 Å². The molecule has 2 aromatic rings. The zero-order chi connectivity index (χ0) is 34.9. The van der Waals surface area contributed by atoms with E-state index in [-0.39, 0.29) is 30.0 Å². The summed E-state index contributed by atoms with van der Waals surface area (Å²) in [7, 11) is 0. The molecule has 0 aromatic heterocycles. The number of hydrogen-bond acceptors (Lipinski definition) is 3. The molecule has 5 nitrogen and oxygen atoms in total. The molecule has 0 bridgehead atoms. The number of carbonyl (C=O) groups excluding carboxylic acids is 2. The maximum Gasteiger partial charge on any atom is 0.416 e. The molecule has 0 spiro atoms. The molecule has 264 valence electrons. The number of piperidine rings is 2. The minimum absolute atomic E-state index is 0.0653. The topological polar surface area (TPSA) is 66.6 Å². The van der Waals surface area contributed by atoms with Gasteiger partial charge in [0.25, 0.3) is 0 Å². The van der Waals surface area contributed by atoms with E-state index in [4.69, 9.17) is 28.9 Å². The molecule has 2 saturated heterocycles. The van der Waals surface area contributed by atoms with Gasteiger partial charge in [-0.05, 0) is 112 Å². The van der Waals surface area contributed by atoms with Crippen LogP contribution in [0.15, 0.2) is 36.4 Å². The third-order valence-corrected chi connectivity index (χ3v) is 11.7. The van der Waals surface area contributed by atoms with E-state index in [1.54, 1.807) is 17.0 Å². The van der Waals surface area contributed by atoms with Crippen LogP contribution in [0.4, 0.5) is 26.3 Å². The fraction of sp³-hybridized carbons (Fsp3) is 0.600. The van der Waals surface area contributed by atoms with Gasteiger partial charge in [0.05, 0.1) is 33.0 Å². The number of carbonyl (C=O) groups is 2. The van der Waals surface area contributed by atoms with Gasteiger partial charge in [-0.1, -0.05) is 48.5 Å². The van der Waals surface area contributed by atoms with Gasteiger partial charge in [0, 0.05) is 18.5 Å². The van der Waals surface area contributed by atoms with Crippen LogP contribution in [-0.2, 0) is 33.8 Å². The van der Waals surface area contributed by atoms with Crippen LogP contribution >= 0.6 is 23.2 Å². The maximum atomic E-state index is 13.6. The quantitative estimate of drug-likeness (QED) is 0.278. The highest BCUT2D eigenvalue weighted by Gasteiger charge is 2.46. The molecule has 2 N–H and O–H groups in total. The van der Waals surface area contributed by atoms with Crippen molar-refractivity contribution in [2.24, 2.45) is 17.1 Å². The first-order valence-electron chi connectivity index (χ1n) is 16.6. The Morgan fingerprint density at radius 1 is 0.812 bits per heavy atom. The minimum atomic E-state index is -5.00. The number of benzene rings is 2. The summed E-state index contributed by atoms with van der Waals surface area (Å²) in [4.78, 5) is 30.1. The molecular formula is C35H41Cl2F6N3O2. The molecule has 1 atom stereocenters. The minimum Gasteiger partial charge on any atom is -0.369 e. The van der Waals surface area contributed by atoms with Gasteiger partial charge in [0.1, 0.15) is 0 Å². The number of nitrogens with two attached hydrogens (primary N) is 1. The lowest BCUT2D eigenvalue weighted by atomic mass is 9.62. The van der Waals surface area contributed by atoms with Crippen molar-refractivity contribution in [2.45, 2.75) is 88.4 Å². The van der Waals surface area contributed by atoms with E-state index in [1.807, 2.05) is 6.07 Å². The van der Waals surface area contributed by atoms with Crippen LogP contribution in [0.1, 0.15) is 86.5 Å². The highest BCUT2D eigenvalue weighted by molar-refractivity contribution is 6.42. The molecule has 1 saturated carbocycles. The summed E-state index contributed by atoms with van der Waals surface area (Å²) >= 11 is 12.7. The normalized spacial score (nSPS) is 22.9. The third-order valence-electron chi connectivity index (χ3n) is 11.0. The van der Waals surface area contributed by atoms with Crippen molar-refractivity contribution in [3.63, 3.8) is 0 Å². The second-order valence-electron chi connectivity index (χ2n) is 13.9. The highest BCUT2D eigenvalue weighted by atomic mass is 35.5. The summed E-state index contributed by atoms with van der Waals surface area (Å²) in [5.74, 6) is -0.491. The van der Waals surface area contributed by atoms with Crippen molar-refractivity contribution in [3.05, 3.63) is 68.7 Å². The molecule has 3 fully saturated rings. The summed E-state index contributed by atoms with van der Waals surface area (Å²) in [5.41, 5.74) is 2.60. The molecule has 2 aliphatic heterocycles. The Morgan fingerprint density at radius 2 is 1.44 bits per heavy atom. The molecule has 1 unspecified atom stereocenters. The predicted molar refractivity (Wildman–Crippen MR) is 173 cm³/mol. The van der Waals surface area contributed by atoms with Gasteiger partial charge >= 0.3 is 12.4 Å². The number of nitrogens with zero attached hydrogens (tertiary/aromatic N) is 2. The number of amides is 2. The van der Waals surface area contributed by atoms with E-state index in [0.717, 1.165) is 63.6 Å². The van der Waals surface area contributed by atoms with Gasteiger partial charge < -0.3 is 15.5 Å². The summed E-state index contributed by atoms with van der Waals surface area (Å²) in [6.45, 7) is 2.86. The second-order valence-corrected chi connectivity index (χ2v) is 14.7. The SMILES string of the molecule is NC(=O)C1(C2CCN(CCC3(c4ccc(Cl)c(Cl)c4)CCCN(C(=O)Cc4cc(C(F)(F)F)cc(C(F)(F)F)c4)C3)CC2)CCCCC1. The Balaban J connectivity index is 1.33. The summed E-state index contributed by atoms with van der Waals surface area (Å²) in [5, 5.41) is 0.725. The van der Waals surface area contributed by atoms with E-state index in [9.17, 15) is 35.9 Å². The molecule has 0 radical (unpaired) electrons. The van der Waals surface area contributed by atoms with Crippen molar-refractivity contribution >= 4 is 35.0 Å². The average Bonchev–Trinajstić information content (AvgIpc) is 3.04. The molecular weight excluding hydrogens is 679 g/mol. The van der Waals surface area contributed by atoms with E-state index in [1.165, 1.54) is 0 Å². The average molecular weight is 721 g/mol. The zero-order valence-corrected chi connectivity index (χ0v) is 28.2. The van der Waals surface area contributed by atoms with Gasteiger partial charge in [-0.3, -0.25) is 9.59 Å². The third kappa shape index (κ3) is 8.10. The van der Waals surface area contributed by atoms with Gasteiger partial charge in [-0.15, -0.1) is 0 Å². The lowest BCUT2D eigenvalue weighted by Gasteiger charge is -2.47. The van der Waals surface area contributed by atoms with Crippen LogP contribution in [0.2, 0.25) is 10.0 Å². The first-order chi connectivity index (χ1) is 22.5. The number of primary amides is 1. The van der Waals surface area contributed by atoms with E-state index < -0.39 is 46.6 Å². The van der Waals surface area contributed by atoms with E-state index >= 15 is 0 Å². The zero-order valence-electron chi connectivity index (χ0n) is 26.7. The summed E-state index contributed by atoms with van der Waals surface area (Å²) < 4.78 is 80.9. The fourth-order valence-electron chi connectivity index (χ4n) is 8.28. The summed E-state index contributed by atoms with van der Waals surface area (Å²) in [6.07, 6.45) is -2.09. The Hall–Kier alpha value is -2.50. The van der Waals surface area contributed by atoms with Crippen LogP contribution in [0.5, 0.6) is 0 Å². The number of halogens is 8. The van der Waals surface area contributed by atoms with E-state index in [0.29, 0.717) is 54.5 Å². The Kier molecular flexibility index (Phi) is 11.0. The smallest absolute Gasteiger partial charge is 0.369 e. The van der Waals surface area contributed by atoms with Gasteiger partial charge in [0.2, 0.25) is 11.8 Å². The Bertz CT molecular complexity index is 1450. The van der Waals surface area contributed by atoms with Gasteiger partial charge in [-0.25, -0.2) is 0 Å². The number of likely N-dealkylation sites (tertiary alicyclic amines) is 2. The van der Waals surface area contributed by atoms with Crippen molar-refractivity contribution < 1.29 is 35.9 Å². The lowest BCUT2D eigenvalue weighted by molar-refractivity contribution is -0.143. The molecule has 2 heterocycles.